The molecule has 0 bridgehead atoms. The van der Waals surface area contributed by atoms with Crippen LogP contribution < -0.4 is 0 Å². The van der Waals surface area contributed by atoms with E-state index in [4.69, 9.17) is 0 Å². The fourth-order valence-corrected chi connectivity index (χ4v) is 0. The van der Waals surface area contributed by atoms with E-state index >= 15 is 0 Å². The monoisotopic (exact) mass is 209 g/mol. The first-order chi connectivity index (χ1) is 0. The molecule has 0 heterocycles. The molecule has 0 atom stereocenters. The van der Waals surface area contributed by atoms with Gasteiger partial charge in [0.2, 0.25) is 0 Å². The fourth-order valence-electron chi connectivity index (χ4n) is 0. The van der Waals surface area contributed by atoms with Crippen LogP contribution in [-0.4, -0.2) is 32.9 Å². The van der Waals surface area contributed by atoms with Crippen molar-refractivity contribution in [2.45, 2.75) is 0 Å². The van der Waals surface area contributed by atoms with Crippen LogP contribution in [-0.2, 0) is 19.5 Å². The maximum absolute atomic E-state index is 0. The van der Waals surface area contributed by atoms with Crippen LogP contribution in [0.15, 0.2) is 0 Å². The van der Waals surface area contributed by atoms with Crippen molar-refractivity contribution in [2.75, 3.05) is 0 Å². The van der Waals surface area contributed by atoms with Crippen LogP contribution in [0, 0.1) is 0 Å². The van der Waals surface area contributed by atoms with Crippen molar-refractivity contribution in [3.8, 4) is 0 Å². The zero-order chi connectivity index (χ0) is 0. The van der Waals surface area contributed by atoms with E-state index in [0.717, 1.165) is 0 Å². The molecule has 53 valence electrons. The van der Waals surface area contributed by atoms with Gasteiger partial charge in [-0.15, -0.1) is 0 Å². The second-order valence-corrected chi connectivity index (χ2v) is 0. The molecule has 0 rings (SSSR count). The van der Waals surface area contributed by atoms with Gasteiger partial charge in [-0.25, -0.2) is 0 Å². The van der Waals surface area contributed by atoms with Crippen molar-refractivity contribution in [3.63, 3.8) is 0 Å². The molecule has 7 heteroatoms. The average molecular weight is 208 g/mol. The summed E-state index contributed by atoms with van der Waals surface area (Å²) in [7, 11) is 0. The van der Waals surface area contributed by atoms with Crippen LogP contribution in [0.3, 0.4) is 0 Å². The molecule has 7 heavy (non-hydrogen) atoms. The van der Waals surface area contributed by atoms with Crippen molar-refractivity contribution in [1.29, 1.82) is 0 Å². The summed E-state index contributed by atoms with van der Waals surface area (Å²) < 4.78 is 0. The van der Waals surface area contributed by atoms with E-state index in [0.29, 0.717) is 0 Å². The number of rotatable bonds is 0. The molecule has 0 aliphatic heterocycles. The van der Waals surface area contributed by atoms with Crippen molar-refractivity contribution in [3.05, 3.63) is 0 Å². The second-order valence-electron chi connectivity index (χ2n) is 0. The summed E-state index contributed by atoms with van der Waals surface area (Å²) in [4.78, 5) is 0. The zero-order valence-corrected chi connectivity index (χ0v) is 5.04. The van der Waals surface area contributed by atoms with Gasteiger partial charge < -0.3 is 32.9 Å². The van der Waals surface area contributed by atoms with Crippen molar-refractivity contribution in [1.82, 2.24) is 0 Å². The molecule has 11 N–H and O–H groups in total. The third-order valence-electron chi connectivity index (χ3n) is 0. The number of hydrogen-bond donors (Lipinski definition) is 0. The van der Waals surface area contributed by atoms with Gasteiger partial charge in [0.05, 0.1) is 0 Å². The molecule has 0 fully saturated rings. The summed E-state index contributed by atoms with van der Waals surface area (Å²) in [6, 6.07) is 0. The van der Waals surface area contributed by atoms with Crippen LogP contribution in [0.2, 0.25) is 0 Å². The minimum absolute atomic E-state index is 0. The Hall–Kier alpha value is 0.383. The van der Waals surface area contributed by atoms with Crippen LogP contribution in [0.4, 0.5) is 0 Å². The van der Waals surface area contributed by atoms with Gasteiger partial charge in [0.25, 0.3) is 0 Å². The Morgan fingerprint density at radius 3 is 0.429 bits per heavy atom. The molecule has 0 aliphatic rings. The van der Waals surface area contributed by atoms with Crippen LogP contribution in [0.25, 0.3) is 0 Å². The van der Waals surface area contributed by atoms with Gasteiger partial charge in [-0.2, -0.15) is 0 Å². The SMILES string of the molecule is O.O.O.O.O.[OH-].[Ru+3]. The standard InChI is InChI=1S/6H2O.Ru/h6*1H2;/q;;;;;;+3/p-1. The largest absolute Gasteiger partial charge is 3.00 e. The van der Waals surface area contributed by atoms with E-state index < -0.39 is 0 Å². The molecule has 0 aromatic heterocycles. The maximum atomic E-state index is 0. The summed E-state index contributed by atoms with van der Waals surface area (Å²) in [5, 5.41) is 0. The van der Waals surface area contributed by atoms with Crippen LogP contribution >= 0.6 is 0 Å². The van der Waals surface area contributed by atoms with Gasteiger partial charge in [0.1, 0.15) is 0 Å². The molecule has 0 amide bonds. The molecular weight excluding hydrogens is 197 g/mol. The molecule has 0 saturated carbocycles. The molecule has 0 spiro atoms. The molecular formula is H11O6Ru+2. The van der Waals surface area contributed by atoms with E-state index in [1.165, 1.54) is 0 Å². The Morgan fingerprint density at radius 2 is 0.429 bits per heavy atom. The first-order valence-corrected chi connectivity index (χ1v) is 0. The molecule has 0 aromatic carbocycles. The summed E-state index contributed by atoms with van der Waals surface area (Å²) in [6.07, 6.45) is 0. The van der Waals surface area contributed by atoms with Gasteiger partial charge >= 0.3 is 19.5 Å². The Labute approximate surface area is 53.1 Å². The molecule has 0 aromatic rings. The van der Waals surface area contributed by atoms with E-state index in [1.807, 2.05) is 0 Å². The minimum atomic E-state index is 0. The molecule has 0 saturated heterocycles. The van der Waals surface area contributed by atoms with Crippen molar-refractivity contribution in [2.24, 2.45) is 0 Å². The van der Waals surface area contributed by atoms with Crippen LogP contribution in [0.1, 0.15) is 0 Å². The molecule has 0 aliphatic carbocycles. The Morgan fingerprint density at radius 1 is 0.429 bits per heavy atom. The normalized spacial score (nSPS) is 0. The second kappa shape index (κ2) is 1260. The molecule has 0 unspecified atom stereocenters. The van der Waals surface area contributed by atoms with Crippen molar-refractivity contribution < 1.29 is 52.3 Å². The quantitative estimate of drug-likeness (QED) is 0.358. The van der Waals surface area contributed by atoms with E-state index in [1.54, 1.807) is 0 Å². The van der Waals surface area contributed by atoms with E-state index in [9.17, 15) is 0 Å². The minimum Gasteiger partial charge on any atom is -0.870 e. The van der Waals surface area contributed by atoms with Crippen LogP contribution in [0.5, 0.6) is 0 Å². The summed E-state index contributed by atoms with van der Waals surface area (Å²) in [6.45, 7) is 0. The summed E-state index contributed by atoms with van der Waals surface area (Å²) in [5.41, 5.74) is 0. The van der Waals surface area contributed by atoms with Gasteiger partial charge in [-0.1, -0.05) is 0 Å². The van der Waals surface area contributed by atoms with Gasteiger partial charge in [-0.05, 0) is 0 Å². The predicted octanol–water partition coefficient (Wildman–Crippen LogP) is -4.30. The first-order valence-electron chi connectivity index (χ1n) is 0. The Kier molecular flexibility index (Phi) is 368000. The third-order valence-corrected chi connectivity index (χ3v) is 0. The smallest absolute Gasteiger partial charge is 0.870 e. The summed E-state index contributed by atoms with van der Waals surface area (Å²) in [5.74, 6) is 0. The van der Waals surface area contributed by atoms with E-state index in [-0.39, 0.29) is 52.3 Å². The van der Waals surface area contributed by atoms with E-state index in [2.05, 4.69) is 0 Å². The predicted molar refractivity (Wildman–Crippen MR) is 20.0 cm³/mol. The zero-order valence-electron chi connectivity index (χ0n) is 3.30. The topological polar surface area (TPSA) is 188 Å². The van der Waals surface area contributed by atoms with Gasteiger partial charge in [0.15, 0.2) is 0 Å². The fraction of sp³-hybridized carbons (Fsp3) is 0. The Balaban J connectivity index is 0. The maximum Gasteiger partial charge on any atom is 3.00 e. The molecule has 6 nitrogen and oxygen atoms in total. The number of hydrogen-bond acceptors (Lipinski definition) is 1. The van der Waals surface area contributed by atoms with Gasteiger partial charge in [-0.3, -0.25) is 0 Å². The third kappa shape index (κ3) is 834. The Bertz CT molecular complexity index is 4.14. The van der Waals surface area contributed by atoms with Crippen molar-refractivity contribution >= 4 is 0 Å². The summed E-state index contributed by atoms with van der Waals surface area (Å²) >= 11 is 0. The molecule has 1 radical (unpaired) electrons. The van der Waals surface area contributed by atoms with Gasteiger partial charge in [0, 0.05) is 0 Å². The average Bonchev–Trinajstić information content (AvgIpc) is 0. The first kappa shape index (κ1) is 2050.